The van der Waals surface area contributed by atoms with Crippen LogP contribution in [-0.2, 0) is 17.4 Å². The highest BCUT2D eigenvalue weighted by molar-refractivity contribution is 6.04. The summed E-state index contributed by atoms with van der Waals surface area (Å²) in [5.74, 6) is -0.765. The molecule has 1 aliphatic rings. The molecule has 2 N–H and O–H groups in total. The number of halogens is 3. The van der Waals surface area contributed by atoms with Gasteiger partial charge in [0.25, 0.3) is 5.91 Å². The zero-order chi connectivity index (χ0) is 18.7. The quantitative estimate of drug-likeness (QED) is 0.851. The Morgan fingerprint density at radius 1 is 1.04 bits per heavy atom. The fourth-order valence-electron chi connectivity index (χ4n) is 2.52. The van der Waals surface area contributed by atoms with E-state index in [0.29, 0.717) is 11.3 Å². The molecule has 1 fully saturated rings. The second-order valence-corrected chi connectivity index (χ2v) is 6.22. The van der Waals surface area contributed by atoms with Gasteiger partial charge in [-0.1, -0.05) is 30.3 Å². The first kappa shape index (κ1) is 18.0. The molecule has 3 rings (SSSR count). The summed E-state index contributed by atoms with van der Waals surface area (Å²) in [5.41, 5.74) is 0.115. The lowest BCUT2D eigenvalue weighted by Crippen LogP contribution is -2.27. The monoisotopic (exact) mass is 362 g/mol. The van der Waals surface area contributed by atoms with Gasteiger partial charge in [-0.25, -0.2) is 0 Å². The number of amides is 2. The van der Waals surface area contributed by atoms with Crippen LogP contribution in [0.5, 0.6) is 0 Å². The third-order valence-corrected chi connectivity index (χ3v) is 3.98. The lowest BCUT2D eigenvalue weighted by Gasteiger charge is -2.12. The fraction of sp³-hybridized carbons (Fsp3) is 0.263. The van der Waals surface area contributed by atoms with Gasteiger partial charge in [-0.05, 0) is 36.6 Å². The highest BCUT2D eigenvalue weighted by Gasteiger charge is 2.30. The van der Waals surface area contributed by atoms with E-state index >= 15 is 0 Å². The standard InChI is InChI=1S/C19H17F3N2O2/c20-19(21,22)13-5-3-4-12(10-13)11-17(25)24-16-7-2-1-6-15(16)18(26)23-14-8-9-14/h1-7,10,14H,8-9,11H2,(H,23,26)(H,24,25). The van der Waals surface area contributed by atoms with Crippen LogP contribution >= 0.6 is 0 Å². The van der Waals surface area contributed by atoms with Crippen molar-refractivity contribution in [2.24, 2.45) is 0 Å². The molecule has 2 aromatic rings. The summed E-state index contributed by atoms with van der Waals surface area (Å²) < 4.78 is 38.3. The molecule has 0 spiro atoms. The van der Waals surface area contributed by atoms with Crippen molar-refractivity contribution < 1.29 is 22.8 Å². The Morgan fingerprint density at radius 2 is 1.77 bits per heavy atom. The fourth-order valence-corrected chi connectivity index (χ4v) is 2.52. The second-order valence-electron chi connectivity index (χ2n) is 6.22. The van der Waals surface area contributed by atoms with Gasteiger partial charge in [0.2, 0.25) is 5.91 Å². The Kier molecular flexibility index (Phi) is 4.97. The average Bonchev–Trinajstić information content (AvgIpc) is 3.38. The molecule has 0 saturated heterocycles. The molecule has 0 atom stereocenters. The number of hydrogen-bond acceptors (Lipinski definition) is 2. The van der Waals surface area contributed by atoms with Crippen molar-refractivity contribution in [1.29, 1.82) is 0 Å². The van der Waals surface area contributed by atoms with Crippen molar-refractivity contribution in [1.82, 2.24) is 5.32 Å². The molecule has 0 bridgehead atoms. The lowest BCUT2D eigenvalue weighted by atomic mass is 10.1. The Morgan fingerprint density at radius 3 is 2.46 bits per heavy atom. The first-order valence-electron chi connectivity index (χ1n) is 8.19. The SMILES string of the molecule is O=C(Cc1cccc(C(F)(F)F)c1)Nc1ccccc1C(=O)NC1CC1. The number of nitrogens with one attached hydrogen (secondary N) is 2. The van der Waals surface area contributed by atoms with Gasteiger partial charge in [0.15, 0.2) is 0 Å². The average molecular weight is 362 g/mol. The summed E-state index contributed by atoms with van der Waals surface area (Å²) in [4.78, 5) is 24.5. The van der Waals surface area contributed by atoms with E-state index in [4.69, 9.17) is 0 Å². The van der Waals surface area contributed by atoms with Crippen molar-refractivity contribution in [3.05, 3.63) is 65.2 Å². The van der Waals surface area contributed by atoms with Crippen molar-refractivity contribution >= 4 is 17.5 Å². The van der Waals surface area contributed by atoms with E-state index in [1.165, 1.54) is 12.1 Å². The van der Waals surface area contributed by atoms with E-state index in [1.807, 2.05) is 0 Å². The van der Waals surface area contributed by atoms with Crippen LogP contribution in [0.15, 0.2) is 48.5 Å². The summed E-state index contributed by atoms with van der Waals surface area (Å²) in [7, 11) is 0. The van der Waals surface area contributed by atoms with Gasteiger partial charge >= 0.3 is 6.18 Å². The molecule has 0 radical (unpaired) electrons. The minimum atomic E-state index is -4.46. The summed E-state index contributed by atoms with van der Waals surface area (Å²) in [6.45, 7) is 0. The molecule has 0 heterocycles. The molecule has 136 valence electrons. The normalized spacial score (nSPS) is 14.0. The van der Waals surface area contributed by atoms with Gasteiger partial charge in [-0.3, -0.25) is 9.59 Å². The predicted octanol–water partition coefficient (Wildman–Crippen LogP) is 3.78. The summed E-state index contributed by atoms with van der Waals surface area (Å²) in [6, 6.07) is 11.4. The Balaban J connectivity index is 1.70. The summed E-state index contributed by atoms with van der Waals surface area (Å²) >= 11 is 0. The highest BCUT2D eigenvalue weighted by atomic mass is 19.4. The summed E-state index contributed by atoms with van der Waals surface area (Å²) in [6.07, 6.45) is -2.80. The maximum absolute atomic E-state index is 12.8. The van der Waals surface area contributed by atoms with E-state index in [1.54, 1.807) is 24.3 Å². The summed E-state index contributed by atoms with van der Waals surface area (Å²) in [5, 5.41) is 5.45. The number of anilines is 1. The first-order valence-corrected chi connectivity index (χ1v) is 8.19. The van der Waals surface area contributed by atoms with Crippen LogP contribution in [0.25, 0.3) is 0 Å². The number of rotatable bonds is 5. The van der Waals surface area contributed by atoms with E-state index in [0.717, 1.165) is 25.0 Å². The number of benzene rings is 2. The van der Waals surface area contributed by atoms with E-state index in [2.05, 4.69) is 10.6 Å². The molecular formula is C19H17F3N2O2. The van der Waals surface area contributed by atoms with Gasteiger partial charge in [-0.2, -0.15) is 13.2 Å². The molecule has 4 nitrogen and oxygen atoms in total. The smallest absolute Gasteiger partial charge is 0.349 e. The third kappa shape index (κ3) is 4.62. The molecule has 1 saturated carbocycles. The van der Waals surface area contributed by atoms with E-state index < -0.39 is 17.6 Å². The molecule has 0 aromatic heterocycles. The molecule has 26 heavy (non-hydrogen) atoms. The van der Waals surface area contributed by atoms with Crippen molar-refractivity contribution in [3.8, 4) is 0 Å². The molecule has 0 aliphatic heterocycles. The molecule has 2 aromatic carbocycles. The molecule has 7 heteroatoms. The molecule has 0 unspecified atom stereocenters. The third-order valence-electron chi connectivity index (χ3n) is 3.98. The minimum Gasteiger partial charge on any atom is -0.349 e. The van der Waals surface area contributed by atoms with Crippen LogP contribution in [-0.4, -0.2) is 17.9 Å². The van der Waals surface area contributed by atoms with Gasteiger partial charge in [0, 0.05) is 6.04 Å². The minimum absolute atomic E-state index is 0.177. The van der Waals surface area contributed by atoms with Gasteiger partial charge < -0.3 is 10.6 Å². The largest absolute Gasteiger partial charge is 0.416 e. The van der Waals surface area contributed by atoms with E-state index in [9.17, 15) is 22.8 Å². The molecule has 2 amide bonds. The topological polar surface area (TPSA) is 58.2 Å². The van der Waals surface area contributed by atoms with Gasteiger partial charge in [0.1, 0.15) is 0 Å². The van der Waals surface area contributed by atoms with Crippen molar-refractivity contribution in [3.63, 3.8) is 0 Å². The molecular weight excluding hydrogens is 345 g/mol. The highest BCUT2D eigenvalue weighted by Crippen LogP contribution is 2.29. The number of para-hydroxylation sites is 1. The Labute approximate surface area is 148 Å². The van der Waals surface area contributed by atoms with Crippen LogP contribution in [0.2, 0.25) is 0 Å². The van der Waals surface area contributed by atoms with Gasteiger partial charge in [-0.15, -0.1) is 0 Å². The molecule has 1 aliphatic carbocycles. The number of alkyl halides is 3. The van der Waals surface area contributed by atoms with Gasteiger partial charge in [0.05, 0.1) is 23.2 Å². The number of hydrogen-bond donors (Lipinski definition) is 2. The number of carbonyl (C=O) groups is 2. The van der Waals surface area contributed by atoms with Crippen LogP contribution in [0.4, 0.5) is 18.9 Å². The number of carbonyl (C=O) groups excluding carboxylic acids is 2. The second kappa shape index (κ2) is 7.19. The van der Waals surface area contributed by atoms with E-state index in [-0.39, 0.29) is 23.9 Å². The maximum atomic E-state index is 12.8. The maximum Gasteiger partial charge on any atom is 0.416 e. The van der Waals surface area contributed by atoms with Crippen LogP contribution in [0.3, 0.4) is 0 Å². The zero-order valence-corrected chi connectivity index (χ0v) is 13.8. The first-order chi connectivity index (χ1) is 12.3. The van der Waals surface area contributed by atoms with Crippen LogP contribution < -0.4 is 10.6 Å². The van der Waals surface area contributed by atoms with Crippen LogP contribution in [0, 0.1) is 0 Å². The zero-order valence-electron chi connectivity index (χ0n) is 13.8. The van der Waals surface area contributed by atoms with Crippen molar-refractivity contribution in [2.45, 2.75) is 31.5 Å². The Hall–Kier alpha value is -2.83. The predicted molar refractivity (Wildman–Crippen MR) is 90.7 cm³/mol. The lowest BCUT2D eigenvalue weighted by molar-refractivity contribution is -0.137. The van der Waals surface area contributed by atoms with Crippen molar-refractivity contribution in [2.75, 3.05) is 5.32 Å². The van der Waals surface area contributed by atoms with Crippen LogP contribution in [0.1, 0.15) is 34.3 Å². The Bertz CT molecular complexity index is 830.